The van der Waals surface area contributed by atoms with Gasteiger partial charge in [0, 0.05) is 5.56 Å². The van der Waals surface area contributed by atoms with Gasteiger partial charge in [0.15, 0.2) is 11.5 Å². The van der Waals surface area contributed by atoms with E-state index in [1.165, 1.54) is 12.3 Å². The number of aromatic amines is 1. The normalized spacial score (nSPS) is 10.9. The fourth-order valence-corrected chi connectivity index (χ4v) is 2.42. The number of carbonyl (C=O) groups excluding carboxylic acids is 1. The monoisotopic (exact) mass is 364 g/mol. The molecule has 7 heteroatoms. The Morgan fingerprint density at radius 2 is 2.04 bits per heavy atom. The molecule has 1 aromatic heterocycles. The van der Waals surface area contributed by atoms with Crippen molar-refractivity contribution in [3.05, 3.63) is 65.4 Å². The third kappa shape index (κ3) is 4.52. The molecular formula is C20H20N4O3. The summed E-state index contributed by atoms with van der Waals surface area (Å²) in [6.45, 7) is 4.28. The molecule has 0 radical (unpaired) electrons. The number of aryl methyl sites for hydroxylation is 1. The van der Waals surface area contributed by atoms with Gasteiger partial charge in [-0.15, -0.1) is 0 Å². The van der Waals surface area contributed by atoms with Gasteiger partial charge in [-0.2, -0.15) is 10.2 Å². The predicted molar refractivity (Wildman–Crippen MR) is 103 cm³/mol. The molecule has 2 aromatic carbocycles. The lowest BCUT2D eigenvalue weighted by Gasteiger charge is -2.05. The van der Waals surface area contributed by atoms with Crippen LogP contribution >= 0.6 is 0 Å². The van der Waals surface area contributed by atoms with Crippen LogP contribution in [0.2, 0.25) is 0 Å². The molecule has 0 saturated carbocycles. The summed E-state index contributed by atoms with van der Waals surface area (Å²) in [4.78, 5) is 12.2. The molecule has 138 valence electrons. The second kappa shape index (κ2) is 8.18. The number of hydrogen-bond donors (Lipinski definition) is 3. The molecule has 0 aliphatic carbocycles. The Kier molecular flexibility index (Phi) is 5.51. The highest BCUT2D eigenvalue weighted by Gasteiger charge is 2.10. The molecule has 0 aliphatic heterocycles. The molecule has 1 amide bonds. The Morgan fingerprint density at radius 1 is 1.26 bits per heavy atom. The second-order valence-corrected chi connectivity index (χ2v) is 5.89. The predicted octanol–water partition coefficient (Wildman–Crippen LogP) is 3.25. The quantitative estimate of drug-likeness (QED) is 0.462. The van der Waals surface area contributed by atoms with Gasteiger partial charge in [0.05, 0.1) is 18.5 Å². The molecule has 3 aromatic rings. The zero-order chi connectivity index (χ0) is 19.2. The number of aromatic hydroxyl groups is 1. The molecule has 0 spiro atoms. The molecule has 0 saturated heterocycles. The van der Waals surface area contributed by atoms with Gasteiger partial charge in [-0.05, 0) is 43.7 Å². The van der Waals surface area contributed by atoms with Crippen molar-refractivity contribution in [2.24, 2.45) is 5.10 Å². The number of phenols is 1. The van der Waals surface area contributed by atoms with E-state index in [0.29, 0.717) is 29.3 Å². The molecule has 0 aliphatic rings. The van der Waals surface area contributed by atoms with E-state index in [-0.39, 0.29) is 5.75 Å². The molecule has 1 heterocycles. The van der Waals surface area contributed by atoms with Crippen LogP contribution in [0.1, 0.15) is 28.5 Å². The summed E-state index contributed by atoms with van der Waals surface area (Å²) in [5.74, 6) is 0.0177. The fraction of sp³-hybridized carbons (Fsp3) is 0.150. The largest absolute Gasteiger partial charge is 0.504 e. The SMILES string of the molecule is CCOc1cc(C=NNC(=O)c2cc(-c3ccc(C)cc3)n[nH]2)ccc1O. The van der Waals surface area contributed by atoms with Gasteiger partial charge >= 0.3 is 0 Å². The molecule has 0 fully saturated rings. The number of rotatable bonds is 6. The number of H-pyrrole nitrogens is 1. The second-order valence-electron chi connectivity index (χ2n) is 5.89. The minimum absolute atomic E-state index is 0.0548. The highest BCUT2D eigenvalue weighted by atomic mass is 16.5. The summed E-state index contributed by atoms with van der Waals surface area (Å²) in [7, 11) is 0. The Bertz CT molecular complexity index is 962. The number of carbonyl (C=O) groups is 1. The number of phenolic OH excluding ortho intramolecular Hbond substituents is 1. The lowest BCUT2D eigenvalue weighted by atomic mass is 10.1. The number of benzene rings is 2. The van der Waals surface area contributed by atoms with Crippen LogP contribution in [0.25, 0.3) is 11.3 Å². The van der Waals surface area contributed by atoms with E-state index in [9.17, 15) is 9.90 Å². The van der Waals surface area contributed by atoms with Crippen molar-refractivity contribution in [3.8, 4) is 22.8 Å². The van der Waals surface area contributed by atoms with E-state index in [1.807, 2.05) is 38.1 Å². The van der Waals surface area contributed by atoms with Crippen LogP contribution in [0.3, 0.4) is 0 Å². The highest BCUT2D eigenvalue weighted by molar-refractivity contribution is 5.94. The zero-order valence-electron chi connectivity index (χ0n) is 15.1. The number of aromatic nitrogens is 2. The Hall–Kier alpha value is -3.61. The maximum Gasteiger partial charge on any atom is 0.289 e. The van der Waals surface area contributed by atoms with Crippen molar-refractivity contribution < 1.29 is 14.6 Å². The van der Waals surface area contributed by atoms with Crippen LogP contribution in [-0.4, -0.2) is 34.0 Å². The molecular weight excluding hydrogens is 344 g/mol. The van der Waals surface area contributed by atoms with Crippen molar-refractivity contribution in [1.29, 1.82) is 0 Å². The molecule has 0 unspecified atom stereocenters. The fourth-order valence-electron chi connectivity index (χ4n) is 2.42. The third-order valence-electron chi connectivity index (χ3n) is 3.83. The molecule has 7 nitrogen and oxygen atoms in total. The summed E-state index contributed by atoms with van der Waals surface area (Å²) in [5, 5.41) is 20.5. The summed E-state index contributed by atoms with van der Waals surface area (Å²) in [6.07, 6.45) is 1.47. The first kappa shape index (κ1) is 18.2. The maximum atomic E-state index is 12.2. The van der Waals surface area contributed by atoms with Gasteiger partial charge in [-0.25, -0.2) is 5.43 Å². The van der Waals surface area contributed by atoms with Gasteiger partial charge in [0.2, 0.25) is 0 Å². The zero-order valence-corrected chi connectivity index (χ0v) is 15.1. The van der Waals surface area contributed by atoms with Gasteiger partial charge < -0.3 is 9.84 Å². The Morgan fingerprint density at radius 3 is 2.78 bits per heavy atom. The summed E-state index contributed by atoms with van der Waals surface area (Å²) in [6, 6.07) is 14.4. The van der Waals surface area contributed by atoms with Crippen LogP contribution < -0.4 is 10.2 Å². The van der Waals surface area contributed by atoms with E-state index in [0.717, 1.165) is 11.1 Å². The first-order chi connectivity index (χ1) is 13.1. The molecule has 0 bridgehead atoms. The smallest absolute Gasteiger partial charge is 0.289 e. The van der Waals surface area contributed by atoms with Crippen molar-refractivity contribution in [2.75, 3.05) is 6.61 Å². The molecule has 0 atom stereocenters. The Balaban J connectivity index is 1.65. The minimum Gasteiger partial charge on any atom is -0.504 e. The first-order valence-electron chi connectivity index (χ1n) is 8.48. The van der Waals surface area contributed by atoms with Crippen LogP contribution in [0.5, 0.6) is 11.5 Å². The number of nitrogens with one attached hydrogen (secondary N) is 2. The van der Waals surface area contributed by atoms with E-state index in [2.05, 4.69) is 20.7 Å². The van der Waals surface area contributed by atoms with E-state index >= 15 is 0 Å². The summed E-state index contributed by atoms with van der Waals surface area (Å²) >= 11 is 0. The van der Waals surface area contributed by atoms with Crippen LogP contribution in [-0.2, 0) is 0 Å². The maximum absolute atomic E-state index is 12.2. The molecule has 3 rings (SSSR count). The first-order valence-corrected chi connectivity index (χ1v) is 8.48. The van der Waals surface area contributed by atoms with Crippen molar-refractivity contribution in [1.82, 2.24) is 15.6 Å². The van der Waals surface area contributed by atoms with Crippen molar-refractivity contribution in [2.45, 2.75) is 13.8 Å². The molecule has 3 N–H and O–H groups in total. The standard InChI is InChI=1S/C20H20N4O3/c1-3-27-19-10-14(6-9-18(19)25)12-21-24-20(26)17-11-16(22-23-17)15-7-4-13(2)5-8-15/h4-12,25H,3H2,1-2H3,(H,22,23)(H,24,26). The lowest BCUT2D eigenvalue weighted by molar-refractivity contribution is 0.0950. The number of ether oxygens (including phenoxy) is 1. The minimum atomic E-state index is -0.402. The average Bonchev–Trinajstić information content (AvgIpc) is 3.15. The van der Waals surface area contributed by atoms with Crippen molar-refractivity contribution >= 4 is 12.1 Å². The van der Waals surface area contributed by atoms with Gasteiger partial charge in [0.25, 0.3) is 5.91 Å². The summed E-state index contributed by atoms with van der Waals surface area (Å²) in [5.41, 5.74) is 6.20. The lowest BCUT2D eigenvalue weighted by Crippen LogP contribution is -2.18. The van der Waals surface area contributed by atoms with Crippen molar-refractivity contribution in [3.63, 3.8) is 0 Å². The number of hydrazone groups is 1. The van der Waals surface area contributed by atoms with Crippen LogP contribution in [0.4, 0.5) is 0 Å². The van der Waals surface area contributed by atoms with Crippen LogP contribution in [0.15, 0.2) is 53.6 Å². The summed E-state index contributed by atoms with van der Waals surface area (Å²) < 4.78 is 5.31. The number of amides is 1. The van der Waals surface area contributed by atoms with Gasteiger partial charge in [0.1, 0.15) is 5.69 Å². The third-order valence-corrected chi connectivity index (χ3v) is 3.83. The van der Waals surface area contributed by atoms with Gasteiger partial charge in [-0.3, -0.25) is 9.89 Å². The van der Waals surface area contributed by atoms with E-state index < -0.39 is 5.91 Å². The Labute approximate surface area is 156 Å². The van der Waals surface area contributed by atoms with E-state index in [4.69, 9.17) is 4.74 Å². The highest BCUT2D eigenvalue weighted by Crippen LogP contribution is 2.26. The average molecular weight is 364 g/mol. The van der Waals surface area contributed by atoms with Gasteiger partial charge in [-0.1, -0.05) is 29.8 Å². The number of nitrogens with zero attached hydrogens (tertiary/aromatic N) is 2. The molecule has 27 heavy (non-hydrogen) atoms. The van der Waals surface area contributed by atoms with Crippen LogP contribution in [0, 0.1) is 6.92 Å². The topological polar surface area (TPSA) is 99.6 Å². The van der Waals surface area contributed by atoms with E-state index in [1.54, 1.807) is 18.2 Å². The number of hydrogen-bond acceptors (Lipinski definition) is 5.